The summed E-state index contributed by atoms with van der Waals surface area (Å²) in [6, 6.07) is 16.5. The van der Waals surface area contributed by atoms with Gasteiger partial charge in [-0.1, -0.05) is 34.8 Å². The zero-order valence-electron chi connectivity index (χ0n) is 14.1. The zero-order chi connectivity index (χ0) is 20.3. The van der Waals surface area contributed by atoms with Crippen LogP contribution in [0.1, 0.15) is 10.4 Å². The van der Waals surface area contributed by atoms with Crippen LogP contribution in [0.2, 0.25) is 15.1 Å². The number of rotatable bonds is 5. The molecule has 1 amide bonds. The lowest BCUT2D eigenvalue weighted by Crippen LogP contribution is -2.18. The van der Waals surface area contributed by atoms with Crippen molar-refractivity contribution in [3.63, 3.8) is 0 Å². The molecular formula is C19H13Cl3N2O3S. The Bertz CT molecular complexity index is 1120. The second kappa shape index (κ2) is 8.41. The van der Waals surface area contributed by atoms with Gasteiger partial charge < -0.3 is 5.32 Å². The maximum atomic E-state index is 12.7. The Balaban J connectivity index is 1.91. The lowest BCUT2D eigenvalue weighted by Gasteiger charge is -2.13. The molecule has 0 spiro atoms. The van der Waals surface area contributed by atoms with Crippen molar-refractivity contribution < 1.29 is 13.2 Å². The molecular weight excluding hydrogens is 443 g/mol. The number of carbonyl (C=O) groups is 1. The summed E-state index contributed by atoms with van der Waals surface area (Å²) >= 11 is 17.6. The Kier molecular flexibility index (Phi) is 6.15. The molecule has 3 aromatic rings. The minimum Gasteiger partial charge on any atom is -0.322 e. The van der Waals surface area contributed by atoms with Gasteiger partial charge in [0.2, 0.25) is 0 Å². The molecule has 144 valence electrons. The number of carbonyl (C=O) groups excluding carboxylic acids is 1. The predicted molar refractivity (Wildman–Crippen MR) is 113 cm³/mol. The van der Waals surface area contributed by atoms with E-state index in [0.29, 0.717) is 15.7 Å². The van der Waals surface area contributed by atoms with Gasteiger partial charge in [0, 0.05) is 20.8 Å². The fraction of sp³-hybridized carbons (Fsp3) is 0. The van der Waals surface area contributed by atoms with Gasteiger partial charge in [0.05, 0.1) is 16.1 Å². The standard InChI is InChI=1S/C19H13Cl3N2O3S/c20-12-1-6-15(7-2-12)23-19(25)17-10-5-14(22)11-18(17)24-28(26,27)16-8-3-13(21)4-9-16/h1-11,24H,(H,23,25). The molecule has 3 aromatic carbocycles. The highest BCUT2D eigenvalue weighted by molar-refractivity contribution is 7.92. The fourth-order valence-corrected chi connectivity index (χ4v) is 3.84. The van der Waals surface area contributed by atoms with Crippen LogP contribution in [0.15, 0.2) is 71.6 Å². The Hall–Kier alpha value is -2.25. The van der Waals surface area contributed by atoms with E-state index in [1.807, 2.05) is 0 Å². The van der Waals surface area contributed by atoms with Crippen LogP contribution >= 0.6 is 34.8 Å². The summed E-state index contributed by atoms with van der Waals surface area (Å²) in [6.07, 6.45) is 0. The van der Waals surface area contributed by atoms with E-state index in [9.17, 15) is 13.2 Å². The summed E-state index contributed by atoms with van der Waals surface area (Å²) < 4.78 is 27.7. The third kappa shape index (κ3) is 4.97. The molecule has 3 rings (SSSR count). The first-order chi connectivity index (χ1) is 13.2. The van der Waals surface area contributed by atoms with Crippen molar-refractivity contribution in [2.45, 2.75) is 4.90 Å². The van der Waals surface area contributed by atoms with Gasteiger partial charge in [0.15, 0.2) is 0 Å². The number of halogens is 3. The summed E-state index contributed by atoms with van der Waals surface area (Å²) in [5, 5.41) is 3.90. The van der Waals surface area contributed by atoms with Crippen LogP contribution in [0.3, 0.4) is 0 Å². The molecule has 0 unspecified atom stereocenters. The smallest absolute Gasteiger partial charge is 0.261 e. The first-order valence-corrected chi connectivity index (χ1v) is 10.5. The Morgan fingerprint density at radius 2 is 1.29 bits per heavy atom. The lowest BCUT2D eigenvalue weighted by molar-refractivity contribution is 0.102. The average Bonchev–Trinajstić information content (AvgIpc) is 2.63. The molecule has 0 bridgehead atoms. The molecule has 0 aliphatic rings. The lowest BCUT2D eigenvalue weighted by atomic mass is 10.1. The molecule has 0 fully saturated rings. The predicted octanol–water partition coefficient (Wildman–Crippen LogP) is 5.70. The molecule has 0 heterocycles. The minimum absolute atomic E-state index is 0.000866. The molecule has 2 N–H and O–H groups in total. The summed E-state index contributed by atoms with van der Waals surface area (Å²) in [7, 11) is -3.95. The molecule has 0 saturated heterocycles. The molecule has 0 aliphatic heterocycles. The third-order valence-corrected chi connectivity index (χ3v) is 5.82. The van der Waals surface area contributed by atoms with Crippen molar-refractivity contribution >= 4 is 62.1 Å². The largest absolute Gasteiger partial charge is 0.322 e. The molecule has 0 radical (unpaired) electrons. The highest BCUT2D eigenvalue weighted by atomic mass is 35.5. The van der Waals surface area contributed by atoms with Crippen molar-refractivity contribution in [2.24, 2.45) is 0 Å². The van der Waals surface area contributed by atoms with Crippen molar-refractivity contribution in [3.8, 4) is 0 Å². The number of sulfonamides is 1. The summed E-state index contributed by atoms with van der Waals surface area (Å²) in [6.45, 7) is 0. The Labute approximate surface area is 177 Å². The monoisotopic (exact) mass is 454 g/mol. The van der Waals surface area contributed by atoms with Crippen LogP contribution in [0.4, 0.5) is 11.4 Å². The van der Waals surface area contributed by atoms with Crippen LogP contribution in [-0.2, 0) is 10.0 Å². The van der Waals surface area contributed by atoms with E-state index in [2.05, 4.69) is 10.0 Å². The van der Waals surface area contributed by atoms with Gasteiger partial charge in [0.25, 0.3) is 15.9 Å². The number of nitrogens with one attached hydrogen (secondary N) is 2. The summed E-state index contributed by atoms with van der Waals surface area (Å²) in [5.41, 5.74) is 0.668. The van der Waals surface area contributed by atoms with E-state index in [1.165, 1.54) is 42.5 Å². The number of hydrogen-bond acceptors (Lipinski definition) is 3. The van der Waals surface area contributed by atoms with E-state index >= 15 is 0 Å². The van der Waals surface area contributed by atoms with E-state index < -0.39 is 15.9 Å². The van der Waals surface area contributed by atoms with Gasteiger partial charge in [-0.25, -0.2) is 8.42 Å². The average molecular weight is 456 g/mol. The van der Waals surface area contributed by atoms with Gasteiger partial charge in [-0.3, -0.25) is 9.52 Å². The first-order valence-electron chi connectivity index (χ1n) is 7.89. The quantitative estimate of drug-likeness (QED) is 0.518. The second-order valence-corrected chi connectivity index (χ2v) is 8.70. The second-order valence-electron chi connectivity index (χ2n) is 5.71. The Morgan fingerprint density at radius 3 is 1.89 bits per heavy atom. The number of benzene rings is 3. The van der Waals surface area contributed by atoms with E-state index in [0.717, 1.165) is 0 Å². The SMILES string of the molecule is O=C(Nc1ccc(Cl)cc1)c1ccc(Cl)cc1NS(=O)(=O)c1ccc(Cl)cc1. The molecule has 0 atom stereocenters. The van der Waals surface area contributed by atoms with Crippen molar-refractivity contribution in [3.05, 3.63) is 87.4 Å². The molecule has 28 heavy (non-hydrogen) atoms. The summed E-state index contributed by atoms with van der Waals surface area (Å²) in [5.74, 6) is -0.507. The topological polar surface area (TPSA) is 75.3 Å². The molecule has 0 saturated carbocycles. The third-order valence-electron chi connectivity index (χ3n) is 3.70. The summed E-state index contributed by atoms with van der Waals surface area (Å²) in [4.78, 5) is 12.7. The van der Waals surface area contributed by atoms with Crippen molar-refractivity contribution in [1.29, 1.82) is 0 Å². The molecule has 0 aromatic heterocycles. The number of anilines is 2. The van der Waals surface area contributed by atoms with Crippen molar-refractivity contribution in [1.82, 2.24) is 0 Å². The Morgan fingerprint density at radius 1 is 0.750 bits per heavy atom. The first kappa shape index (κ1) is 20.5. The highest BCUT2D eigenvalue weighted by Gasteiger charge is 2.19. The minimum atomic E-state index is -3.95. The maximum absolute atomic E-state index is 12.7. The normalized spacial score (nSPS) is 11.1. The van der Waals surface area contributed by atoms with Gasteiger partial charge in [0.1, 0.15) is 0 Å². The molecule has 5 nitrogen and oxygen atoms in total. The zero-order valence-corrected chi connectivity index (χ0v) is 17.2. The van der Waals surface area contributed by atoms with Crippen LogP contribution in [0.25, 0.3) is 0 Å². The van der Waals surface area contributed by atoms with Crippen LogP contribution < -0.4 is 10.0 Å². The van der Waals surface area contributed by atoms with Gasteiger partial charge >= 0.3 is 0 Å². The van der Waals surface area contributed by atoms with E-state index in [-0.39, 0.29) is 21.2 Å². The fourth-order valence-electron chi connectivity index (χ4n) is 2.35. The van der Waals surface area contributed by atoms with E-state index in [4.69, 9.17) is 34.8 Å². The van der Waals surface area contributed by atoms with Crippen LogP contribution in [-0.4, -0.2) is 14.3 Å². The highest BCUT2D eigenvalue weighted by Crippen LogP contribution is 2.26. The maximum Gasteiger partial charge on any atom is 0.261 e. The van der Waals surface area contributed by atoms with Crippen LogP contribution in [0.5, 0.6) is 0 Å². The number of hydrogen-bond donors (Lipinski definition) is 2. The van der Waals surface area contributed by atoms with Gasteiger partial charge in [-0.15, -0.1) is 0 Å². The van der Waals surface area contributed by atoms with Gasteiger partial charge in [-0.05, 0) is 66.7 Å². The van der Waals surface area contributed by atoms with Crippen LogP contribution in [0, 0.1) is 0 Å². The van der Waals surface area contributed by atoms with Gasteiger partial charge in [-0.2, -0.15) is 0 Å². The van der Waals surface area contributed by atoms with Crippen molar-refractivity contribution in [2.75, 3.05) is 10.0 Å². The molecule has 0 aliphatic carbocycles. The molecule has 9 heteroatoms. The number of amides is 1. The van der Waals surface area contributed by atoms with E-state index in [1.54, 1.807) is 24.3 Å².